The summed E-state index contributed by atoms with van der Waals surface area (Å²) < 4.78 is 60.1. The van der Waals surface area contributed by atoms with Crippen LogP contribution in [0.1, 0.15) is 19.3 Å². The lowest BCUT2D eigenvalue weighted by Gasteiger charge is -2.18. The number of alkyl halides is 5. The van der Waals surface area contributed by atoms with Crippen molar-refractivity contribution in [2.24, 2.45) is 0 Å². The molecule has 1 aliphatic carbocycles. The molecule has 1 aliphatic rings. The minimum Gasteiger partial charge on any atom is -0.287 e. The maximum absolute atomic E-state index is 12.5. The Kier molecular flexibility index (Phi) is 2.65. The van der Waals surface area contributed by atoms with Crippen LogP contribution in [-0.4, -0.2) is 17.9 Å². The highest BCUT2D eigenvalue weighted by Crippen LogP contribution is 2.39. The number of allylic oxidation sites excluding steroid dienone is 2. The second-order valence-corrected chi connectivity index (χ2v) is 3.02. The monoisotopic (exact) mass is 214 g/mol. The van der Waals surface area contributed by atoms with Crippen LogP contribution in [0, 0.1) is 0 Å². The highest BCUT2D eigenvalue weighted by atomic mass is 19.4. The molecule has 0 radical (unpaired) electrons. The number of rotatable bonds is 2. The summed E-state index contributed by atoms with van der Waals surface area (Å²) in [6.45, 7) is 0. The van der Waals surface area contributed by atoms with Gasteiger partial charge in [0.25, 0.3) is 0 Å². The predicted molar refractivity (Wildman–Crippen MR) is 37.9 cm³/mol. The maximum atomic E-state index is 12.5. The minimum atomic E-state index is -5.80. The Bertz CT molecular complexity index is 276. The molecule has 0 aromatic rings. The van der Waals surface area contributed by atoms with Crippen LogP contribution in [0.15, 0.2) is 11.6 Å². The molecular weight excluding hydrogens is 207 g/mol. The number of halogens is 5. The predicted octanol–water partition coefficient (Wildman–Crippen LogP) is 2.86. The summed E-state index contributed by atoms with van der Waals surface area (Å²) in [5, 5.41) is 0. The Balaban J connectivity index is 2.88. The van der Waals surface area contributed by atoms with Gasteiger partial charge in [0.1, 0.15) is 0 Å². The smallest absolute Gasteiger partial charge is 0.287 e. The van der Waals surface area contributed by atoms with Gasteiger partial charge in [0, 0.05) is 0 Å². The van der Waals surface area contributed by atoms with Crippen molar-refractivity contribution in [2.75, 3.05) is 0 Å². The van der Waals surface area contributed by atoms with E-state index in [-0.39, 0.29) is 6.42 Å². The fourth-order valence-corrected chi connectivity index (χ4v) is 1.21. The molecule has 0 amide bonds. The van der Waals surface area contributed by atoms with Crippen molar-refractivity contribution in [2.45, 2.75) is 31.4 Å². The first-order valence-electron chi connectivity index (χ1n) is 3.95. The van der Waals surface area contributed by atoms with Crippen LogP contribution in [0.25, 0.3) is 0 Å². The molecule has 1 nitrogen and oxygen atoms in total. The number of Topliss-reactive ketones (excluding diaryl/α,β-unsaturated/α-hetero) is 1. The van der Waals surface area contributed by atoms with Crippen molar-refractivity contribution in [3.8, 4) is 0 Å². The Hall–Kier alpha value is -0.940. The van der Waals surface area contributed by atoms with E-state index in [1.165, 1.54) is 0 Å². The van der Waals surface area contributed by atoms with Gasteiger partial charge in [-0.05, 0) is 24.8 Å². The van der Waals surface area contributed by atoms with E-state index in [1.807, 2.05) is 0 Å². The van der Waals surface area contributed by atoms with Crippen molar-refractivity contribution >= 4 is 5.78 Å². The Morgan fingerprint density at radius 3 is 2.14 bits per heavy atom. The van der Waals surface area contributed by atoms with E-state index < -0.39 is 23.5 Å². The average molecular weight is 214 g/mol. The SMILES string of the molecule is O=C(C1=CCCC1)C(F)(F)C(F)(F)F. The Labute approximate surface area is 76.6 Å². The molecule has 0 aromatic carbocycles. The number of carbonyl (C=O) groups excluding carboxylic acids is 1. The van der Waals surface area contributed by atoms with Crippen LogP contribution in [0.4, 0.5) is 22.0 Å². The van der Waals surface area contributed by atoms with Gasteiger partial charge >= 0.3 is 12.1 Å². The van der Waals surface area contributed by atoms with Crippen molar-refractivity contribution in [3.05, 3.63) is 11.6 Å². The van der Waals surface area contributed by atoms with Crippen LogP contribution in [0.2, 0.25) is 0 Å². The standard InChI is InChI=1S/C8H7F5O/c9-7(10,8(11,12)13)6(14)5-3-1-2-4-5/h3H,1-2,4H2. The van der Waals surface area contributed by atoms with Gasteiger partial charge in [0.15, 0.2) is 0 Å². The molecule has 0 aromatic heterocycles. The number of ketones is 1. The number of hydrogen-bond acceptors (Lipinski definition) is 1. The van der Waals surface area contributed by atoms with Gasteiger partial charge in [-0.25, -0.2) is 0 Å². The highest BCUT2D eigenvalue weighted by Gasteiger charge is 2.63. The van der Waals surface area contributed by atoms with Gasteiger partial charge in [0.2, 0.25) is 5.78 Å². The average Bonchev–Trinajstić information content (AvgIpc) is 2.52. The molecule has 0 fully saturated rings. The zero-order chi connectivity index (χ0) is 11.0. The summed E-state index contributed by atoms with van der Waals surface area (Å²) in [5.74, 6) is -7.36. The van der Waals surface area contributed by atoms with Gasteiger partial charge in [0.05, 0.1) is 0 Å². The molecule has 14 heavy (non-hydrogen) atoms. The van der Waals surface area contributed by atoms with E-state index in [2.05, 4.69) is 0 Å². The van der Waals surface area contributed by atoms with Crippen molar-refractivity contribution < 1.29 is 26.7 Å². The van der Waals surface area contributed by atoms with E-state index in [9.17, 15) is 26.7 Å². The van der Waals surface area contributed by atoms with Gasteiger partial charge in [-0.15, -0.1) is 0 Å². The third-order valence-corrected chi connectivity index (χ3v) is 1.97. The Morgan fingerprint density at radius 1 is 1.21 bits per heavy atom. The quantitative estimate of drug-likeness (QED) is 0.646. The lowest BCUT2D eigenvalue weighted by atomic mass is 10.1. The van der Waals surface area contributed by atoms with Crippen molar-refractivity contribution in [1.82, 2.24) is 0 Å². The van der Waals surface area contributed by atoms with Crippen LogP contribution in [0.3, 0.4) is 0 Å². The summed E-state index contributed by atoms with van der Waals surface area (Å²) in [6.07, 6.45) is -3.82. The normalized spacial score (nSPS) is 18.2. The van der Waals surface area contributed by atoms with Gasteiger partial charge in [-0.1, -0.05) is 6.08 Å². The van der Waals surface area contributed by atoms with E-state index in [0.29, 0.717) is 12.8 Å². The third-order valence-electron chi connectivity index (χ3n) is 1.97. The largest absolute Gasteiger partial charge is 0.461 e. The highest BCUT2D eigenvalue weighted by molar-refractivity contribution is 6.01. The maximum Gasteiger partial charge on any atom is 0.461 e. The van der Waals surface area contributed by atoms with Gasteiger partial charge in [-0.2, -0.15) is 22.0 Å². The van der Waals surface area contributed by atoms with Crippen LogP contribution < -0.4 is 0 Å². The summed E-state index contributed by atoms with van der Waals surface area (Å²) in [7, 11) is 0. The molecule has 0 saturated carbocycles. The van der Waals surface area contributed by atoms with Gasteiger partial charge in [-0.3, -0.25) is 4.79 Å². The summed E-state index contributed by atoms with van der Waals surface area (Å²) >= 11 is 0. The van der Waals surface area contributed by atoms with E-state index in [4.69, 9.17) is 0 Å². The first-order chi connectivity index (χ1) is 6.27. The van der Waals surface area contributed by atoms with Gasteiger partial charge < -0.3 is 0 Å². The molecule has 0 unspecified atom stereocenters. The first-order valence-corrected chi connectivity index (χ1v) is 3.95. The van der Waals surface area contributed by atoms with Crippen LogP contribution in [0.5, 0.6) is 0 Å². The molecule has 0 atom stereocenters. The molecular formula is C8H7F5O. The van der Waals surface area contributed by atoms with Crippen LogP contribution in [-0.2, 0) is 4.79 Å². The van der Waals surface area contributed by atoms with Crippen molar-refractivity contribution in [3.63, 3.8) is 0 Å². The molecule has 80 valence electrons. The molecule has 0 N–H and O–H groups in total. The Morgan fingerprint density at radius 2 is 1.79 bits per heavy atom. The third kappa shape index (κ3) is 1.78. The lowest BCUT2D eigenvalue weighted by Crippen LogP contribution is -2.44. The number of carbonyl (C=O) groups is 1. The fraction of sp³-hybridized carbons (Fsp3) is 0.625. The molecule has 0 spiro atoms. The second-order valence-electron chi connectivity index (χ2n) is 3.02. The molecule has 0 bridgehead atoms. The van der Waals surface area contributed by atoms with E-state index in [1.54, 1.807) is 0 Å². The molecule has 6 heteroatoms. The van der Waals surface area contributed by atoms with E-state index in [0.717, 1.165) is 6.08 Å². The molecule has 1 rings (SSSR count). The summed E-state index contributed by atoms with van der Waals surface area (Å²) in [4.78, 5) is 10.8. The fourth-order valence-electron chi connectivity index (χ4n) is 1.21. The summed E-state index contributed by atoms with van der Waals surface area (Å²) in [5.41, 5.74) is -0.410. The van der Waals surface area contributed by atoms with E-state index >= 15 is 0 Å². The lowest BCUT2D eigenvalue weighted by molar-refractivity contribution is -0.266. The molecule has 0 aliphatic heterocycles. The second kappa shape index (κ2) is 3.33. The number of hydrogen-bond donors (Lipinski definition) is 0. The summed E-state index contributed by atoms with van der Waals surface area (Å²) in [6, 6.07) is 0. The van der Waals surface area contributed by atoms with Crippen LogP contribution >= 0.6 is 0 Å². The topological polar surface area (TPSA) is 17.1 Å². The molecule has 0 heterocycles. The first kappa shape index (κ1) is 11.1. The molecule has 0 saturated heterocycles. The van der Waals surface area contributed by atoms with Crippen molar-refractivity contribution in [1.29, 1.82) is 0 Å². The minimum absolute atomic E-state index is 0.00447. The zero-order valence-corrected chi connectivity index (χ0v) is 7.00. The zero-order valence-electron chi connectivity index (χ0n) is 7.00.